The lowest BCUT2D eigenvalue weighted by Crippen LogP contribution is -2.33. The van der Waals surface area contributed by atoms with Gasteiger partial charge in [-0.1, -0.05) is 15.9 Å². The van der Waals surface area contributed by atoms with E-state index >= 15 is 0 Å². The first-order chi connectivity index (χ1) is 8.40. The summed E-state index contributed by atoms with van der Waals surface area (Å²) in [7, 11) is 0. The molecule has 0 aliphatic rings. The van der Waals surface area contributed by atoms with Crippen LogP contribution in [0.4, 0.5) is 0 Å². The van der Waals surface area contributed by atoms with Gasteiger partial charge in [0.2, 0.25) is 0 Å². The number of carboxylic acids is 1. The molecule has 100 valence electrons. The normalized spacial score (nSPS) is 12.5. The van der Waals surface area contributed by atoms with Crippen LogP contribution in [-0.4, -0.2) is 23.2 Å². The highest BCUT2D eigenvalue weighted by Crippen LogP contribution is 2.24. The van der Waals surface area contributed by atoms with Crippen molar-refractivity contribution in [1.82, 2.24) is 5.32 Å². The molecular formula is C13H18BrNO3. The molecule has 0 spiro atoms. The van der Waals surface area contributed by atoms with E-state index in [1.807, 2.05) is 32.0 Å². The van der Waals surface area contributed by atoms with E-state index in [4.69, 9.17) is 9.84 Å². The molecule has 1 aromatic carbocycles. The molecule has 0 radical (unpaired) electrons. The van der Waals surface area contributed by atoms with Crippen molar-refractivity contribution in [1.29, 1.82) is 0 Å². The van der Waals surface area contributed by atoms with Crippen LogP contribution in [0.5, 0.6) is 5.75 Å². The van der Waals surface area contributed by atoms with Crippen molar-refractivity contribution >= 4 is 21.9 Å². The number of carboxylic acid groups (broad SMARTS) is 1. The fraction of sp³-hybridized carbons (Fsp3) is 0.462. The molecule has 0 saturated carbocycles. The van der Waals surface area contributed by atoms with Crippen molar-refractivity contribution in [3.8, 4) is 5.75 Å². The molecule has 1 unspecified atom stereocenters. The van der Waals surface area contributed by atoms with Crippen LogP contribution in [0, 0.1) is 0 Å². The molecule has 0 bridgehead atoms. The summed E-state index contributed by atoms with van der Waals surface area (Å²) in [4.78, 5) is 10.7. The third-order valence-corrected chi connectivity index (χ3v) is 2.85. The monoisotopic (exact) mass is 315 g/mol. The Morgan fingerprint density at radius 2 is 2.11 bits per heavy atom. The molecule has 0 aromatic heterocycles. The molecule has 1 atom stereocenters. The smallest absolute Gasteiger partial charge is 0.320 e. The first kappa shape index (κ1) is 15.0. The van der Waals surface area contributed by atoms with Crippen molar-refractivity contribution in [2.45, 2.75) is 39.5 Å². The highest BCUT2D eigenvalue weighted by molar-refractivity contribution is 9.10. The van der Waals surface area contributed by atoms with Gasteiger partial charge in [-0.15, -0.1) is 0 Å². The Morgan fingerprint density at radius 3 is 2.67 bits per heavy atom. The van der Waals surface area contributed by atoms with Crippen LogP contribution in [0.2, 0.25) is 0 Å². The highest BCUT2D eigenvalue weighted by atomic mass is 79.9. The maximum absolute atomic E-state index is 10.7. The van der Waals surface area contributed by atoms with Crippen LogP contribution in [0.3, 0.4) is 0 Å². The lowest BCUT2D eigenvalue weighted by atomic mass is 10.2. The van der Waals surface area contributed by atoms with Crippen LogP contribution >= 0.6 is 15.9 Å². The van der Waals surface area contributed by atoms with E-state index in [0.717, 1.165) is 15.8 Å². The average Bonchev–Trinajstić information content (AvgIpc) is 2.28. The Bertz CT molecular complexity index is 421. The summed E-state index contributed by atoms with van der Waals surface area (Å²) in [6.45, 7) is 5.98. The molecule has 0 fully saturated rings. The van der Waals surface area contributed by atoms with E-state index in [1.54, 1.807) is 6.92 Å². The third kappa shape index (κ3) is 4.66. The van der Waals surface area contributed by atoms with Gasteiger partial charge in [-0.05, 0) is 39.0 Å². The largest absolute Gasteiger partial charge is 0.491 e. The minimum Gasteiger partial charge on any atom is -0.491 e. The van der Waals surface area contributed by atoms with Crippen molar-refractivity contribution < 1.29 is 14.6 Å². The molecule has 18 heavy (non-hydrogen) atoms. The van der Waals surface area contributed by atoms with Gasteiger partial charge < -0.3 is 15.2 Å². The third-order valence-electron chi connectivity index (χ3n) is 2.35. The number of aliphatic carboxylic acids is 1. The zero-order valence-corrected chi connectivity index (χ0v) is 12.3. The number of carbonyl (C=O) groups is 1. The van der Waals surface area contributed by atoms with E-state index in [0.29, 0.717) is 6.54 Å². The first-order valence-corrected chi connectivity index (χ1v) is 6.60. The van der Waals surface area contributed by atoms with E-state index in [-0.39, 0.29) is 6.10 Å². The predicted octanol–water partition coefficient (Wildman–Crippen LogP) is 2.80. The minimum atomic E-state index is -0.865. The number of hydrogen-bond donors (Lipinski definition) is 2. The number of ether oxygens (including phenoxy) is 1. The zero-order valence-electron chi connectivity index (χ0n) is 10.7. The van der Waals surface area contributed by atoms with Crippen LogP contribution in [-0.2, 0) is 11.3 Å². The second-order valence-corrected chi connectivity index (χ2v) is 5.28. The summed E-state index contributed by atoms with van der Waals surface area (Å²) < 4.78 is 6.63. The Labute approximate surface area is 115 Å². The van der Waals surface area contributed by atoms with Crippen molar-refractivity contribution in [2.24, 2.45) is 0 Å². The Balaban J connectivity index is 2.78. The standard InChI is InChI=1S/C13H18BrNO3/c1-8(2)18-12-5-4-11(14)6-10(12)7-15-9(3)13(16)17/h4-6,8-9,15H,7H2,1-3H3,(H,16,17). The number of halogens is 1. The number of rotatable bonds is 6. The van der Waals surface area contributed by atoms with Crippen LogP contribution in [0.15, 0.2) is 22.7 Å². The van der Waals surface area contributed by atoms with E-state index < -0.39 is 12.0 Å². The van der Waals surface area contributed by atoms with Gasteiger partial charge in [0.05, 0.1) is 6.10 Å². The maximum Gasteiger partial charge on any atom is 0.320 e. The van der Waals surface area contributed by atoms with Crippen molar-refractivity contribution in [3.63, 3.8) is 0 Å². The van der Waals surface area contributed by atoms with Crippen molar-refractivity contribution in [3.05, 3.63) is 28.2 Å². The fourth-order valence-electron chi connectivity index (χ4n) is 1.41. The molecule has 2 N–H and O–H groups in total. The zero-order chi connectivity index (χ0) is 13.7. The van der Waals surface area contributed by atoms with Gasteiger partial charge in [-0.25, -0.2) is 0 Å². The average molecular weight is 316 g/mol. The van der Waals surface area contributed by atoms with Gasteiger partial charge in [0.25, 0.3) is 0 Å². The summed E-state index contributed by atoms with van der Waals surface area (Å²) in [6.07, 6.45) is 0.0850. The molecule has 0 heterocycles. The van der Waals surface area contributed by atoms with E-state index in [2.05, 4.69) is 21.2 Å². The summed E-state index contributed by atoms with van der Waals surface area (Å²) >= 11 is 3.40. The molecule has 4 nitrogen and oxygen atoms in total. The van der Waals surface area contributed by atoms with Gasteiger partial charge in [0, 0.05) is 16.6 Å². The minimum absolute atomic E-state index is 0.0850. The number of benzene rings is 1. The van der Waals surface area contributed by atoms with Gasteiger partial charge in [-0.3, -0.25) is 4.79 Å². The molecular weight excluding hydrogens is 298 g/mol. The quantitative estimate of drug-likeness (QED) is 0.847. The summed E-state index contributed by atoms with van der Waals surface area (Å²) in [6, 6.07) is 5.13. The topological polar surface area (TPSA) is 58.6 Å². The molecule has 0 aliphatic carbocycles. The lowest BCUT2D eigenvalue weighted by molar-refractivity contribution is -0.139. The molecule has 0 aliphatic heterocycles. The number of hydrogen-bond acceptors (Lipinski definition) is 3. The molecule has 1 rings (SSSR count). The van der Waals surface area contributed by atoms with Crippen LogP contribution in [0.25, 0.3) is 0 Å². The van der Waals surface area contributed by atoms with Crippen molar-refractivity contribution in [2.75, 3.05) is 0 Å². The summed E-state index contributed by atoms with van der Waals surface area (Å²) in [5.41, 5.74) is 0.936. The van der Waals surface area contributed by atoms with Gasteiger partial charge in [0.1, 0.15) is 11.8 Å². The Kier molecular flexibility index (Phi) is 5.62. The highest BCUT2D eigenvalue weighted by Gasteiger charge is 2.12. The maximum atomic E-state index is 10.7. The van der Waals surface area contributed by atoms with Crippen LogP contribution < -0.4 is 10.1 Å². The SMILES string of the molecule is CC(C)Oc1ccc(Br)cc1CNC(C)C(=O)O. The second kappa shape index (κ2) is 6.75. The van der Waals surface area contributed by atoms with Gasteiger partial charge in [-0.2, -0.15) is 0 Å². The van der Waals surface area contributed by atoms with E-state index in [9.17, 15) is 4.79 Å². The Morgan fingerprint density at radius 1 is 1.44 bits per heavy atom. The molecule has 0 amide bonds. The number of nitrogens with one attached hydrogen (secondary N) is 1. The predicted molar refractivity (Wildman–Crippen MR) is 73.8 cm³/mol. The molecule has 0 saturated heterocycles. The van der Waals surface area contributed by atoms with Gasteiger partial charge in [0.15, 0.2) is 0 Å². The molecule has 5 heteroatoms. The van der Waals surface area contributed by atoms with E-state index in [1.165, 1.54) is 0 Å². The second-order valence-electron chi connectivity index (χ2n) is 4.36. The lowest BCUT2D eigenvalue weighted by Gasteiger charge is -2.16. The fourth-order valence-corrected chi connectivity index (χ4v) is 1.81. The summed E-state index contributed by atoms with van der Waals surface area (Å²) in [5.74, 6) is -0.0883. The first-order valence-electron chi connectivity index (χ1n) is 5.81. The summed E-state index contributed by atoms with van der Waals surface area (Å²) in [5, 5.41) is 11.8. The van der Waals surface area contributed by atoms with Gasteiger partial charge >= 0.3 is 5.97 Å². The van der Waals surface area contributed by atoms with Crippen LogP contribution in [0.1, 0.15) is 26.3 Å². The Hall–Kier alpha value is -1.07. The molecule has 1 aromatic rings.